The Bertz CT molecular complexity index is 1190. The van der Waals surface area contributed by atoms with Crippen LogP contribution in [0, 0.1) is 5.82 Å². The first kappa shape index (κ1) is 19.5. The van der Waals surface area contributed by atoms with Gasteiger partial charge in [0.2, 0.25) is 10.0 Å². The highest BCUT2D eigenvalue weighted by Crippen LogP contribution is 2.34. The molecule has 1 aromatic heterocycles. The van der Waals surface area contributed by atoms with E-state index in [-0.39, 0.29) is 17.1 Å². The molecule has 1 saturated carbocycles. The van der Waals surface area contributed by atoms with Gasteiger partial charge in [0, 0.05) is 42.6 Å². The quantitative estimate of drug-likeness (QED) is 0.658. The zero-order chi connectivity index (χ0) is 20.7. The third kappa shape index (κ3) is 3.79. The van der Waals surface area contributed by atoms with Crippen molar-refractivity contribution in [3.05, 3.63) is 60.7 Å². The van der Waals surface area contributed by atoms with Gasteiger partial charge < -0.3 is 5.32 Å². The molecule has 1 N–H and O–H groups in total. The van der Waals surface area contributed by atoms with E-state index < -0.39 is 10.0 Å². The Balaban J connectivity index is 1.40. The molecule has 0 amide bonds. The third-order valence-electron chi connectivity index (χ3n) is 6.03. The number of halogens is 1. The fourth-order valence-electron chi connectivity index (χ4n) is 4.20. The number of nitrogens with one attached hydrogen (secondary N) is 1. The van der Waals surface area contributed by atoms with Crippen molar-refractivity contribution >= 4 is 26.5 Å². The van der Waals surface area contributed by atoms with Crippen molar-refractivity contribution < 1.29 is 12.8 Å². The first-order valence-corrected chi connectivity index (χ1v) is 11.9. The van der Waals surface area contributed by atoms with Gasteiger partial charge >= 0.3 is 0 Å². The van der Waals surface area contributed by atoms with Crippen LogP contribution in [0.1, 0.15) is 25.7 Å². The molecule has 0 unspecified atom stereocenters. The van der Waals surface area contributed by atoms with Gasteiger partial charge in [0.1, 0.15) is 5.82 Å². The van der Waals surface area contributed by atoms with Crippen LogP contribution in [0.2, 0.25) is 0 Å². The normalized spacial score (nSPS) is 18.6. The number of anilines is 1. The lowest BCUT2D eigenvalue weighted by Gasteiger charge is -2.32. The van der Waals surface area contributed by atoms with Crippen molar-refractivity contribution in [1.82, 2.24) is 9.29 Å². The molecule has 2 aliphatic rings. The second kappa shape index (κ2) is 7.63. The predicted molar refractivity (Wildman–Crippen MR) is 117 cm³/mol. The number of sulfonamides is 1. The molecule has 5 rings (SSSR count). The topological polar surface area (TPSA) is 62.3 Å². The average Bonchev–Trinajstić information content (AvgIpc) is 3.60. The predicted octanol–water partition coefficient (Wildman–Crippen LogP) is 4.41. The molecule has 0 atom stereocenters. The van der Waals surface area contributed by atoms with E-state index in [9.17, 15) is 12.8 Å². The number of pyridine rings is 1. The van der Waals surface area contributed by atoms with E-state index in [1.807, 2.05) is 30.5 Å². The van der Waals surface area contributed by atoms with Crippen molar-refractivity contribution in [3.8, 4) is 11.1 Å². The van der Waals surface area contributed by atoms with Crippen LogP contribution in [0.4, 0.5) is 10.1 Å². The Labute approximate surface area is 176 Å². The van der Waals surface area contributed by atoms with Gasteiger partial charge in [0.15, 0.2) is 0 Å². The van der Waals surface area contributed by atoms with E-state index in [4.69, 9.17) is 0 Å². The number of fused-ring (bicyclic) bond motifs is 1. The summed E-state index contributed by atoms with van der Waals surface area (Å²) in [4.78, 5) is 4.27. The Kier molecular flexibility index (Phi) is 4.95. The third-order valence-corrected chi connectivity index (χ3v) is 8.43. The summed E-state index contributed by atoms with van der Waals surface area (Å²) in [5.74, 6) is -0.263. The molecule has 2 aromatic carbocycles. The monoisotopic (exact) mass is 425 g/mol. The maximum absolute atomic E-state index is 13.8. The van der Waals surface area contributed by atoms with Crippen molar-refractivity contribution in [2.75, 3.05) is 18.4 Å². The zero-order valence-corrected chi connectivity index (χ0v) is 17.4. The highest BCUT2D eigenvalue weighted by Gasteiger charge is 2.41. The van der Waals surface area contributed by atoms with E-state index >= 15 is 0 Å². The van der Waals surface area contributed by atoms with Crippen LogP contribution in [0.25, 0.3) is 21.9 Å². The van der Waals surface area contributed by atoms with Crippen molar-refractivity contribution in [1.29, 1.82) is 0 Å². The van der Waals surface area contributed by atoms with Crippen LogP contribution in [0.3, 0.4) is 0 Å². The largest absolute Gasteiger partial charge is 0.382 e. The van der Waals surface area contributed by atoms with E-state index in [0.29, 0.717) is 13.1 Å². The molecule has 0 spiro atoms. The van der Waals surface area contributed by atoms with Crippen LogP contribution in [0.5, 0.6) is 0 Å². The van der Waals surface area contributed by atoms with Gasteiger partial charge in [0.25, 0.3) is 0 Å². The highest BCUT2D eigenvalue weighted by atomic mass is 32.2. The molecule has 3 aromatic rings. The lowest BCUT2D eigenvalue weighted by Crippen LogP contribution is -2.43. The highest BCUT2D eigenvalue weighted by molar-refractivity contribution is 7.90. The summed E-state index contributed by atoms with van der Waals surface area (Å²) >= 11 is 0. The molecule has 5 nitrogen and oxygen atoms in total. The fraction of sp³-hybridized carbons (Fsp3) is 0.348. The van der Waals surface area contributed by atoms with Crippen LogP contribution >= 0.6 is 0 Å². The maximum Gasteiger partial charge on any atom is 0.216 e. The van der Waals surface area contributed by atoms with Gasteiger partial charge in [-0.2, -0.15) is 0 Å². The van der Waals surface area contributed by atoms with E-state index in [1.165, 1.54) is 12.1 Å². The summed E-state index contributed by atoms with van der Waals surface area (Å²) < 4.78 is 40.4. The maximum atomic E-state index is 13.8. The standard InChI is InChI=1S/C23H24FN3O2S/c24-19-3-1-2-16(13-19)18-12-17-6-9-25-15-22(17)23(14-18)26-20-7-10-27(11-8-20)30(28,29)21-4-5-21/h1-3,6,9,12-15,20-21,26H,4-5,7-8,10-11H2. The number of hydrogen-bond acceptors (Lipinski definition) is 4. The second-order valence-electron chi connectivity index (χ2n) is 8.19. The smallest absolute Gasteiger partial charge is 0.216 e. The minimum absolute atomic E-state index is 0.153. The van der Waals surface area contributed by atoms with Gasteiger partial charge in [-0.05, 0) is 72.5 Å². The number of rotatable bonds is 5. The lowest BCUT2D eigenvalue weighted by molar-refractivity contribution is 0.329. The molecule has 30 heavy (non-hydrogen) atoms. The van der Waals surface area contributed by atoms with Crippen LogP contribution in [0.15, 0.2) is 54.9 Å². The molecular weight excluding hydrogens is 401 g/mol. The van der Waals surface area contributed by atoms with Gasteiger partial charge in [-0.25, -0.2) is 17.1 Å². The summed E-state index contributed by atoms with van der Waals surface area (Å²) in [6, 6.07) is 12.8. The van der Waals surface area contributed by atoms with Crippen molar-refractivity contribution in [3.63, 3.8) is 0 Å². The van der Waals surface area contributed by atoms with E-state index in [2.05, 4.69) is 10.3 Å². The Morgan fingerprint density at radius 1 is 1.00 bits per heavy atom. The average molecular weight is 426 g/mol. The number of hydrogen-bond donors (Lipinski definition) is 1. The van der Waals surface area contributed by atoms with Gasteiger partial charge in [-0.3, -0.25) is 4.98 Å². The van der Waals surface area contributed by atoms with Crippen LogP contribution in [-0.4, -0.2) is 42.1 Å². The van der Waals surface area contributed by atoms with E-state index in [0.717, 1.165) is 53.3 Å². The minimum atomic E-state index is -3.11. The molecule has 0 bridgehead atoms. The Hall–Kier alpha value is -2.51. The molecule has 2 fully saturated rings. The molecule has 7 heteroatoms. The minimum Gasteiger partial charge on any atom is -0.382 e. The molecule has 1 aliphatic carbocycles. The SMILES string of the molecule is O=S(=O)(C1CC1)N1CCC(Nc2cc(-c3cccc(F)c3)cc3ccncc23)CC1. The van der Waals surface area contributed by atoms with Gasteiger partial charge in [0.05, 0.1) is 5.25 Å². The summed E-state index contributed by atoms with van der Waals surface area (Å²) in [6.45, 7) is 1.10. The molecule has 2 heterocycles. The number of benzene rings is 2. The summed E-state index contributed by atoms with van der Waals surface area (Å²) in [7, 11) is -3.11. The fourth-order valence-corrected chi connectivity index (χ4v) is 6.08. The summed E-state index contributed by atoms with van der Waals surface area (Å²) in [5.41, 5.74) is 2.70. The zero-order valence-electron chi connectivity index (χ0n) is 16.6. The van der Waals surface area contributed by atoms with Gasteiger partial charge in [-0.1, -0.05) is 12.1 Å². The first-order chi connectivity index (χ1) is 14.5. The van der Waals surface area contributed by atoms with Crippen molar-refractivity contribution in [2.24, 2.45) is 0 Å². The second-order valence-corrected chi connectivity index (χ2v) is 10.4. The molecule has 0 radical (unpaired) electrons. The Morgan fingerprint density at radius 2 is 1.80 bits per heavy atom. The van der Waals surface area contributed by atoms with E-state index in [1.54, 1.807) is 16.6 Å². The molecule has 156 valence electrons. The summed E-state index contributed by atoms with van der Waals surface area (Å²) in [6.07, 6.45) is 6.71. The molecular formula is C23H24FN3O2S. The number of piperidine rings is 1. The summed E-state index contributed by atoms with van der Waals surface area (Å²) in [5, 5.41) is 5.49. The number of aromatic nitrogens is 1. The first-order valence-electron chi connectivity index (χ1n) is 10.4. The van der Waals surface area contributed by atoms with Crippen molar-refractivity contribution in [2.45, 2.75) is 37.0 Å². The van der Waals surface area contributed by atoms with Crippen LogP contribution < -0.4 is 5.32 Å². The molecule has 1 aliphatic heterocycles. The molecule has 1 saturated heterocycles. The Morgan fingerprint density at radius 3 is 2.53 bits per heavy atom. The lowest BCUT2D eigenvalue weighted by atomic mass is 9.99. The van der Waals surface area contributed by atoms with Crippen LogP contribution in [-0.2, 0) is 10.0 Å². The number of nitrogens with zero attached hydrogens (tertiary/aromatic N) is 2. The van der Waals surface area contributed by atoms with Gasteiger partial charge in [-0.15, -0.1) is 0 Å².